The highest BCUT2D eigenvalue weighted by Gasteiger charge is 2.15. The van der Waals surface area contributed by atoms with Gasteiger partial charge in [-0.15, -0.1) is 0 Å². The van der Waals surface area contributed by atoms with Crippen LogP contribution >= 0.6 is 0 Å². The number of fused-ring (bicyclic) bond motifs is 1. The molecule has 0 bridgehead atoms. The molecule has 1 aromatic heterocycles. The molecule has 27 heavy (non-hydrogen) atoms. The van der Waals surface area contributed by atoms with Crippen LogP contribution < -0.4 is 10.3 Å². The molecule has 0 spiro atoms. The summed E-state index contributed by atoms with van der Waals surface area (Å²) < 4.78 is 7.87. The maximum absolute atomic E-state index is 12.6. The molecule has 142 valence electrons. The Kier molecular flexibility index (Phi) is 5.94. The van der Waals surface area contributed by atoms with Crippen molar-refractivity contribution in [2.24, 2.45) is 0 Å². The summed E-state index contributed by atoms with van der Waals surface area (Å²) in [5.74, 6) is 1.82. The van der Waals surface area contributed by atoms with Crippen molar-refractivity contribution in [1.29, 1.82) is 0 Å². The second-order valence-corrected chi connectivity index (χ2v) is 7.54. The molecule has 0 aliphatic heterocycles. The average molecular weight is 364 g/mol. The normalized spacial score (nSPS) is 11.5. The van der Waals surface area contributed by atoms with E-state index in [4.69, 9.17) is 4.74 Å². The minimum absolute atomic E-state index is 0.00560. The molecule has 4 heteroatoms. The Hall–Kier alpha value is -2.62. The standard InChI is InChI=1S/C23H28N2O2/c1-16(2)18-10-7-11-19(17(3)4)22(18)27-14-8-13-25-15-24-21-12-6-5-9-20(21)23(25)26/h5-7,9-12,15-17H,8,13-14H2,1-4H3. The van der Waals surface area contributed by atoms with E-state index in [1.807, 2.05) is 24.3 Å². The van der Waals surface area contributed by atoms with Crippen LogP contribution in [0.15, 0.2) is 53.6 Å². The van der Waals surface area contributed by atoms with Crippen LogP contribution in [0.5, 0.6) is 5.75 Å². The van der Waals surface area contributed by atoms with E-state index in [2.05, 4.69) is 50.9 Å². The Morgan fingerprint density at radius 1 is 0.963 bits per heavy atom. The first-order valence-electron chi connectivity index (χ1n) is 9.68. The van der Waals surface area contributed by atoms with Crippen LogP contribution in [-0.4, -0.2) is 16.2 Å². The van der Waals surface area contributed by atoms with Gasteiger partial charge in [-0.05, 0) is 41.5 Å². The van der Waals surface area contributed by atoms with Crippen LogP contribution in [0.25, 0.3) is 10.9 Å². The number of benzene rings is 2. The Morgan fingerprint density at radius 3 is 2.30 bits per heavy atom. The van der Waals surface area contributed by atoms with Crippen LogP contribution in [-0.2, 0) is 6.54 Å². The molecular formula is C23H28N2O2. The van der Waals surface area contributed by atoms with Gasteiger partial charge in [0, 0.05) is 6.54 Å². The molecule has 0 fully saturated rings. The van der Waals surface area contributed by atoms with Gasteiger partial charge in [0.2, 0.25) is 0 Å². The maximum Gasteiger partial charge on any atom is 0.261 e. The topological polar surface area (TPSA) is 44.1 Å². The van der Waals surface area contributed by atoms with Crippen LogP contribution in [0.2, 0.25) is 0 Å². The second-order valence-electron chi connectivity index (χ2n) is 7.54. The first-order valence-corrected chi connectivity index (χ1v) is 9.68. The van der Waals surface area contributed by atoms with Crippen LogP contribution in [0.3, 0.4) is 0 Å². The van der Waals surface area contributed by atoms with Crippen LogP contribution in [0.1, 0.15) is 57.1 Å². The highest BCUT2D eigenvalue weighted by atomic mass is 16.5. The summed E-state index contributed by atoms with van der Waals surface area (Å²) in [5.41, 5.74) is 3.23. The van der Waals surface area contributed by atoms with Crippen molar-refractivity contribution < 1.29 is 4.74 Å². The smallest absolute Gasteiger partial charge is 0.261 e. The predicted molar refractivity (Wildman–Crippen MR) is 111 cm³/mol. The molecule has 4 nitrogen and oxygen atoms in total. The molecule has 0 N–H and O–H groups in total. The highest BCUT2D eigenvalue weighted by molar-refractivity contribution is 5.76. The highest BCUT2D eigenvalue weighted by Crippen LogP contribution is 2.34. The zero-order valence-electron chi connectivity index (χ0n) is 16.6. The summed E-state index contributed by atoms with van der Waals surface area (Å²) in [7, 11) is 0. The Bertz CT molecular complexity index is 947. The third-order valence-corrected chi connectivity index (χ3v) is 4.84. The van der Waals surface area contributed by atoms with Gasteiger partial charge in [0.05, 0.1) is 23.8 Å². The van der Waals surface area contributed by atoms with Crippen LogP contribution in [0, 0.1) is 0 Å². The van der Waals surface area contributed by atoms with E-state index in [1.54, 1.807) is 10.9 Å². The summed E-state index contributed by atoms with van der Waals surface area (Å²) in [6.07, 6.45) is 2.39. The van der Waals surface area contributed by atoms with Gasteiger partial charge in [-0.2, -0.15) is 0 Å². The van der Waals surface area contributed by atoms with Gasteiger partial charge < -0.3 is 4.74 Å². The van der Waals surface area contributed by atoms with Gasteiger partial charge in [-0.25, -0.2) is 4.98 Å². The van der Waals surface area contributed by atoms with Gasteiger partial charge in [0.25, 0.3) is 5.56 Å². The first-order chi connectivity index (χ1) is 13.0. The third kappa shape index (κ3) is 4.21. The van der Waals surface area contributed by atoms with Crippen molar-refractivity contribution in [3.63, 3.8) is 0 Å². The molecule has 3 aromatic rings. The Labute approximate surface area is 160 Å². The quantitative estimate of drug-likeness (QED) is 0.547. The van der Waals surface area contributed by atoms with Crippen molar-refractivity contribution in [3.05, 3.63) is 70.3 Å². The first kappa shape index (κ1) is 19.2. The number of aromatic nitrogens is 2. The van der Waals surface area contributed by atoms with Gasteiger partial charge in [-0.1, -0.05) is 58.0 Å². The fourth-order valence-corrected chi connectivity index (χ4v) is 3.32. The molecule has 0 aliphatic rings. The van der Waals surface area contributed by atoms with E-state index in [0.717, 1.165) is 17.7 Å². The van der Waals surface area contributed by atoms with E-state index in [-0.39, 0.29) is 5.56 Å². The molecular weight excluding hydrogens is 336 g/mol. The summed E-state index contributed by atoms with van der Waals surface area (Å²) in [5, 5.41) is 0.660. The lowest BCUT2D eigenvalue weighted by molar-refractivity contribution is 0.293. The van der Waals surface area contributed by atoms with Gasteiger partial charge in [0.1, 0.15) is 5.75 Å². The van der Waals surface area contributed by atoms with Crippen molar-refractivity contribution in [2.45, 2.75) is 52.5 Å². The molecule has 0 radical (unpaired) electrons. The monoisotopic (exact) mass is 364 g/mol. The molecule has 0 saturated carbocycles. The molecule has 3 rings (SSSR count). The predicted octanol–water partition coefficient (Wildman–Crippen LogP) is 5.11. The molecule has 2 aromatic carbocycles. The van der Waals surface area contributed by atoms with E-state index in [1.165, 1.54) is 11.1 Å². The number of rotatable bonds is 7. The van der Waals surface area contributed by atoms with Gasteiger partial charge in [0.15, 0.2) is 0 Å². The lowest BCUT2D eigenvalue weighted by Crippen LogP contribution is -2.21. The fourth-order valence-electron chi connectivity index (χ4n) is 3.32. The fraction of sp³-hybridized carbons (Fsp3) is 0.391. The number of hydrogen-bond acceptors (Lipinski definition) is 3. The van der Waals surface area contributed by atoms with E-state index >= 15 is 0 Å². The number of para-hydroxylation sites is 2. The number of ether oxygens (including phenoxy) is 1. The van der Waals surface area contributed by atoms with Gasteiger partial charge >= 0.3 is 0 Å². The molecule has 0 saturated heterocycles. The minimum atomic E-state index is 0.00560. The Morgan fingerprint density at radius 2 is 1.63 bits per heavy atom. The molecule has 1 heterocycles. The van der Waals surface area contributed by atoms with E-state index in [0.29, 0.717) is 30.4 Å². The molecule has 0 atom stereocenters. The van der Waals surface area contributed by atoms with Crippen molar-refractivity contribution in [2.75, 3.05) is 6.61 Å². The summed E-state index contributed by atoms with van der Waals surface area (Å²) in [4.78, 5) is 16.9. The molecule has 0 amide bonds. The number of nitrogens with zero attached hydrogens (tertiary/aromatic N) is 2. The van der Waals surface area contributed by atoms with E-state index < -0.39 is 0 Å². The number of hydrogen-bond donors (Lipinski definition) is 0. The summed E-state index contributed by atoms with van der Waals surface area (Å²) in [6.45, 7) is 9.92. The summed E-state index contributed by atoms with van der Waals surface area (Å²) >= 11 is 0. The average Bonchev–Trinajstić information content (AvgIpc) is 2.66. The Balaban J connectivity index is 1.71. The lowest BCUT2D eigenvalue weighted by Gasteiger charge is -2.20. The zero-order valence-corrected chi connectivity index (χ0v) is 16.6. The second kappa shape index (κ2) is 8.38. The molecule has 0 unspecified atom stereocenters. The third-order valence-electron chi connectivity index (χ3n) is 4.84. The maximum atomic E-state index is 12.6. The minimum Gasteiger partial charge on any atom is -0.493 e. The number of aryl methyl sites for hydroxylation is 1. The zero-order chi connectivity index (χ0) is 19.4. The van der Waals surface area contributed by atoms with Crippen LogP contribution in [0.4, 0.5) is 0 Å². The molecule has 0 aliphatic carbocycles. The van der Waals surface area contributed by atoms with E-state index in [9.17, 15) is 4.79 Å². The summed E-state index contributed by atoms with van der Waals surface area (Å²) in [6, 6.07) is 13.8. The van der Waals surface area contributed by atoms with Crippen molar-refractivity contribution >= 4 is 10.9 Å². The lowest BCUT2D eigenvalue weighted by atomic mass is 9.94. The van der Waals surface area contributed by atoms with Gasteiger partial charge in [-0.3, -0.25) is 9.36 Å². The van der Waals surface area contributed by atoms with Crippen molar-refractivity contribution in [1.82, 2.24) is 9.55 Å². The largest absolute Gasteiger partial charge is 0.493 e. The SMILES string of the molecule is CC(C)c1cccc(C(C)C)c1OCCCn1cnc2ccccc2c1=O. The van der Waals surface area contributed by atoms with Crippen molar-refractivity contribution in [3.8, 4) is 5.75 Å².